The molecule has 2 aliphatic carbocycles. The molecule has 5 aromatic rings. The van der Waals surface area contributed by atoms with E-state index in [1.54, 1.807) is 0 Å². The van der Waals surface area contributed by atoms with Crippen LogP contribution in [0.25, 0.3) is 33.6 Å². The Labute approximate surface area is 362 Å². The summed E-state index contributed by atoms with van der Waals surface area (Å²) in [5.74, 6) is 1.99. The van der Waals surface area contributed by atoms with Crippen LogP contribution in [0.4, 0.5) is 4.79 Å². The zero-order valence-corrected chi connectivity index (χ0v) is 35.8. The first-order valence-corrected chi connectivity index (χ1v) is 22.5. The molecule has 13 heteroatoms. The minimum Gasteiger partial charge on any atom is -0.453 e. The van der Waals surface area contributed by atoms with Crippen molar-refractivity contribution < 1.29 is 23.9 Å². The van der Waals surface area contributed by atoms with Crippen LogP contribution in [0.1, 0.15) is 92.4 Å². The van der Waals surface area contributed by atoms with Crippen LogP contribution >= 0.6 is 0 Å². The van der Waals surface area contributed by atoms with Crippen LogP contribution in [0.2, 0.25) is 0 Å². The number of benzene rings is 3. The number of carbonyl (C=O) groups excluding carboxylic acids is 3. The van der Waals surface area contributed by atoms with Crippen molar-refractivity contribution in [2.45, 2.75) is 89.0 Å². The Morgan fingerprint density at radius 2 is 1.47 bits per heavy atom. The number of ether oxygens (including phenoxy) is 2. The second-order valence-corrected chi connectivity index (χ2v) is 18.0. The molecule has 3 N–H and O–H groups in total. The monoisotopic (exact) mass is 836 g/mol. The number of hydrogen-bond donors (Lipinski definition) is 3. The van der Waals surface area contributed by atoms with Gasteiger partial charge in [-0.3, -0.25) is 14.5 Å². The molecule has 5 aliphatic rings. The van der Waals surface area contributed by atoms with Gasteiger partial charge in [0, 0.05) is 25.7 Å². The maximum absolute atomic E-state index is 14.8. The summed E-state index contributed by atoms with van der Waals surface area (Å²) in [6.07, 6.45) is 9.88. The molecular weight excluding hydrogens is 781 g/mol. The summed E-state index contributed by atoms with van der Waals surface area (Å²) < 4.78 is 10.5. The molecule has 2 bridgehead atoms. The van der Waals surface area contributed by atoms with Gasteiger partial charge in [0.25, 0.3) is 0 Å². The van der Waals surface area contributed by atoms with Gasteiger partial charge in [-0.2, -0.15) is 0 Å². The first-order chi connectivity index (χ1) is 30.2. The maximum atomic E-state index is 14.8. The lowest BCUT2D eigenvalue weighted by molar-refractivity contribution is -0.144. The number of methoxy groups -OCH3 is 1. The van der Waals surface area contributed by atoms with E-state index in [-0.39, 0.29) is 41.9 Å². The molecular formula is C49H56N8O5. The number of nitrogens with zero attached hydrogens (tertiary/aromatic N) is 5. The van der Waals surface area contributed by atoms with E-state index in [4.69, 9.17) is 19.4 Å². The number of amides is 3. The van der Waals surface area contributed by atoms with E-state index in [0.29, 0.717) is 25.7 Å². The molecule has 62 heavy (non-hydrogen) atoms. The normalized spacial score (nSPS) is 23.0. The molecule has 322 valence electrons. The van der Waals surface area contributed by atoms with Gasteiger partial charge < -0.3 is 34.6 Å². The van der Waals surface area contributed by atoms with Crippen LogP contribution in [0.3, 0.4) is 0 Å². The molecule has 6 atom stereocenters. The van der Waals surface area contributed by atoms with Gasteiger partial charge in [0.15, 0.2) is 0 Å². The number of aryl methyl sites for hydroxylation is 2. The van der Waals surface area contributed by atoms with E-state index >= 15 is 0 Å². The quantitative estimate of drug-likeness (QED) is 0.132. The van der Waals surface area contributed by atoms with Crippen LogP contribution in [-0.4, -0.2) is 105 Å². The molecule has 4 fully saturated rings. The third kappa shape index (κ3) is 7.38. The maximum Gasteiger partial charge on any atom is 0.407 e. The predicted molar refractivity (Wildman–Crippen MR) is 235 cm³/mol. The highest BCUT2D eigenvalue weighted by Crippen LogP contribution is 2.51. The number of carbonyl (C=O) groups is 3. The Hall–Kier alpha value is -5.79. The second kappa shape index (κ2) is 16.8. The number of aromatic amines is 2. The fraction of sp³-hybridized carbons (Fsp3) is 0.449. The molecule has 5 heterocycles. The number of morpholine rings is 1. The Morgan fingerprint density at radius 3 is 2.13 bits per heavy atom. The Balaban J connectivity index is 0.859. The number of aromatic nitrogens is 4. The van der Waals surface area contributed by atoms with Gasteiger partial charge in [-0.15, -0.1) is 0 Å². The predicted octanol–water partition coefficient (Wildman–Crippen LogP) is 7.40. The van der Waals surface area contributed by atoms with Crippen molar-refractivity contribution >= 4 is 17.9 Å². The molecule has 1 saturated carbocycles. The van der Waals surface area contributed by atoms with Crippen molar-refractivity contribution in [2.24, 2.45) is 11.8 Å². The van der Waals surface area contributed by atoms with Gasteiger partial charge in [-0.1, -0.05) is 68.4 Å². The summed E-state index contributed by atoms with van der Waals surface area (Å²) in [5, 5.41) is 2.73. The SMILES string of the molecule is COC(=O)NC(C(=O)N1CCC[C@H]1c1ncc(-c2ccc3c(c2)CCc2cc(-c4cnc([C@@H]5[C@H]6CC[C@H](C6)N5C(=O)[C@@H](c5ccccc5)N5CCOCC5)[nH]4)ccc2-3)[nH]1)C(C)C. The molecule has 1 unspecified atom stereocenters. The van der Waals surface area contributed by atoms with E-state index in [9.17, 15) is 14.4 Å². The first-order valence-electron chi connectivity index (χ1n) is 22.5. The Morgan fingerprint density at radius 1 is 0.806 bits per heavy atom. The zero-order valence-electron chi connectivity index (χ0n) is 35.8. The summed E-state index contributed by atoms with van der Waals surface area (Å²) >= 11 is 0. The summed E-state index contributed by atoms with van der Waals surface area (Å²) in [4.78, 5) is 63.8. The van der Waals surface area contributed by atoms with E-state index in [0.717, 1.165) is 97.8 Å². The number of alkyl carbamates (subject to hydrolysis) is 1. The molecule has 10 rings (SSSR count). The topological polar surface area (TPSA) is 149 Å². The van der Waals surface area contributed by atoms with Gasteiger partial charge in [-0.05, 0) is 108 Å². The molecule has 0 radical (unpaired) electrons. The fourth-order valence-corrected chi connectivity index (χ4v) is 11.0. The average Bonchev–Trinajstić information content (AvgIpc) is 4.17. The second-order valence-electron chi connectivity index (χ2n) is 18.0. The van der Waals surface area contributed by atoms with Crippen molar-refractivity contribution in [3.8, 4) is 33.6 Å². The van der Waals surface area contributed by atoms with E-state index in [1.165, 1.54) is 29.4 Å². The van der Waals surface area contributed by atoms with E-state index < -0.39 is 12.1 Å². The van der Waals surface area contributed by atoms with E-state index in [1.807, 2.05) is 49.3 Å². The van der Waals surface area contributed by atoms with Crippen molar-refractivity contribution in [1.82, 2.24) is 40.0 Å². The summed E-state index contributed by atoms with van der Waals surface area (Å²) in [7, 11) is 1.31. The lowest BCUT2D eigenvalue weighted by Crippen LogP contribution is -2.51. The zero-order chi connectivity index (χ0) is 42.5. The summed E-state index contributed by atoms with van der Waals surface area (Å²) in [6.45, 7) is 7.20. The first kappa shape index (κ1) is 40.3. The van der Waals surface area contributed by atoms with E-state index in [2.05, 4.69) is 73.6 Å². The highest BCUT2D eigenvalue weighted by atomic mass is 16.5. The number of piperidine rings is 1. The van der Waals surface area contributed by atoms with Crippen LogP contribution in [0.5, 0.6) is 0 Å². The number of nitrogens with one attached hydrogen (secondary N) is 3. The van der Waals surface area contributed by atoms with Crippen molar-refractivity contribution in [3.05, 3.63) is 107 Å². The fourth-order valence-electron chi connectivity index (χ4n) is 11.0. The number of likely N-dealkylation sites (tertiary alicyclic amines) is 2. The van der Waals surface area contributed by atoms with Gasteiger partial charge in [0.2, 0.25) is 11.8 Å². The average molecular weight is 837 g/mol. The van der Waals surface area contributed by atoms with Crippen molar-refractivity contribution in [1.29, 1.82) is 0 Å². The third-order valence-corrected chi connectivity index (χ3v) is 14.1. The molecule has 3 amide bonds. The molecule has 0 spiro atoms. The molecule has 3 aliphatic heterocycles. The smallest absolute Gasteiger partial charge is 0.407 e. The molecule has 3 saturated heterocycles. The number of hydrogen-bond acceptors (Lipinski definition) is 8. The van der Waals surface area contributed by atoms with Gasteiger partial charge >= 0.3 is 6.09 Å². The molecule has 2 aromatic heterocycles. The Bertz CT molecular complexity index is 2460. The van der Waals surface area contributed by atoms with Crippen molar-refractivity contribution in [3.63, 3.8) is 0 Å². The third-order valence-electron chi connectivity index (χ3n) is 14.1. The minimum absolute atomic E-state index is 0.0703. The van der Waals surface area contributed by atoms with Crippen LogP contribution < -0.4 is 5.32 Å². The standard InChI is InChI=1S/C49H56N8O5/c1-29(2)42(54-49(60)61-3)47(58)56-19-7-10-41(56)45-50-27-39(52-45)33-14-17-37-31(24-33)11-12-32-25-34(15-18-38(32)37)40-28-51-46(53-40)43-35-13-16-36(26-35)57(43)48(59)44(30-8-5-4-6-9-30)55-20-22-62-23-21-55/h4-6,8-9,14-15,17-18,24-25,27-29,35-36,41-44H,7,10-13,16,19-23,26H2,1-3H3,(H,50,52)(H,51,53)(H,54,60)/t35-,36+,41-,42?,43-,44+/m0/s1. The van der Waals surface area contributed by atoms with Gasteiger partial charge in [-0.25, -0.2) is 14.8 Å². The summed E-state index contributed by atoms with van der Waals surface area (Å²) in [6, 6.07) is 22.6. The van der Waals surface area contributed by atoms with Gasteiger partial charge in [0.05, 0.1) is 56.2 Å². The largest absolute Gasteiger partial charge is 0.453 e. The number of imidazole rings is 2. The number of H-pyrrole nitrogens is 2. The highest BCUT2D eigenvalue weighted by molar-refractivity contribution is 5.87. The lowest BCUT2D eigenvalue weighted by atomic mass is 9.83. The van der Waals surface area contributed by atoms with Crippen molar-refractivity contribution in [2.75, 3.05) is 40.0 Å². The van der Waals surface area contributed by atoms with Crippen LogP contribution in [0, 0.1) is 11.8 Å². The van der Waals surface area contributed by atoms with Gasteiger partial charge in [0.1, 0.15) is 23.7 Å². The molecule has 3 aromatic carbocycles. The van der Waals surface area contributed by atoms with Crippen LogP contribution in [0.15, 0.2) is 79.1 Å². The Kier molecular flexibility index (Phi) is 10.9. The number of fused-ring (bicyclic) bond motifs is 5. The number of rotatable bonds is 10. The molecule has 13 nitrogen and oxygen atoms in total. The summed E-state index contributed by atoms with van der Waals surface area (Å²) in [5.41, 5.74) is 10.2. The van der Waals surface area contributed by atoms with Crippen LogP contribution in [-0.2, 0) is 31.9 Å². The highest BCUT2D eigenvalue weighted by Gasteiger charge is 2.52. The minimum atomic E-state index is -0.677. The lowest BCUT2D eigenvalue weighted by Gasteiger charge is -2.41.